The monoisotopic (exact) mass is 345 g/mol. The number of sulfonamides is 1. The number of hydrogen-bond acceptors (Lipinski definition) is 3. The van der Waals surface area contributed by atoms with Crippen LogP contribution in [0.25, 0.3) is 5.69 Å². The topological polar surface area (TPSA) is 55.2 Å². The largest absolute Gasteiger partial charge is 0.243 e. The fourth-order valence-electron chi connectivity index (χ4n) is 4.21. The molecule has 2 aromatic rings. The molecule has 0 radical (unpaired) electrons. The Balaban J connectivity index is 1.62. The van der Waals surface area contributed by atoms with Crippen molar-refractivity contribution in [2.45, 2.75) is 49.5 Å². The zero-order valence-electron chi connectivity index (χ0n) is 13.7. The van der Waals surface area contributed by atoms with Crippen LogP contribution in [0.4, 0.5) is 0 Å². The Morgan fingerprint density at radius 2 is 1.75 bits per heavy atom. The summed E-state index contributed by atoms with van der Waals surface area (Å²) in [6.45, 7) is 0.657. The first kappa shape index (κ1) is 15.8. The van der Waals surface area contributed by atoms with Crippen molar-refractivity contribution in [1.82, 2.24) is 14.1 Å². The van der Waals surface area contributed by atoms with Gasteiger partial charge in [-0.3, -0.25) is 0 Å². The fourth-order valence-corrected chi connectivity index (χ4v) is 5.96. The summed E-state index contributed by atoms with van der Waals surface area (Å²) in [6.07, 6.45) is 10.3. The van der Waals surface area contributed by atoms with E-state index in [4.69, 9.17) is 0 Å². The molecule has 0 bridgehead atoms. The van der Waals surface area contributed by atoms with Gasteiger partial charge in [-0.1, -0.05) is 12.8 Å². The maximum absolute atomic E-state index is 13.1. The highest BCUT2D eigenvalue weighted by atomic mass is 32.2. The molecule has 1 aliphatic heterocycles. The molecule has 24 heavy (non-hydrogen) atoms. The average molecular weight is 345 g/mol. The van der Waals surface area contributed by atoms with E-state index in [1.165, 1.54) is 19.3 Å². The van der Waals surface area contributed by atoms with Crippen LogP contribution < -0.4 is 0 Å². The Hall–Kier alpha value is -1.66. The Labute approximate surface area is 143 Å². The van der Waals surface area contributed by atoms with Crippen LogP contribution in [-0.2, 0) is 10.0 Å². The molecule has 2 heterocycles. The van der Waals surface area contributed by atoms with Gasteiger partial charge in [0.15, 0.2) is 0 Å². The number of nitrogens with zero attached hydrogens (tertiary/aromatic N) is 3. The van der Waals surface area contributed by atoms with Gasteiger partial charge in [-0.05, 0) is 61.9 Å². The molecule has 0 N–H and O–H groups in total. The quantitative estimate of drug-likeness (QED) is 0.858. The number of rotatable bonds is 3. The van der Waals surface area contributed by atoms with Crippen LogP contribution >= 0.6 is 0 Å². The van der Waals surface area contributed by atoms with Gasteiger partial charge in [0.2, 0.25) is 10.0 Å². The van der Waals surface area contributed by atoms with Crippen LogP contribution in [0.15, 0.2) is 47.6 Å². The predicted molar refractivity (Wildman–Crippen MR) is 92.4 cm³/mol. The third kappa shape index (κ3) is 2.78. The first-order valence-corrected chi connectivity index (χ1v) is 10.2. The number of piperidine rings is 1. The number of benzene rings is 1. The summed E-state index contributed by atoms with van der Waals surface area (Å²) in [5.74, 6) is 0.547. The van der Waals surface area contributed by atoms with E-state index in [2.05, 4.69) is 5.10 Å². The Bertz CT molecular complexity index is 782. The first-order chi connectivity index (χ1) is 11.7. The van der Waals surface area contributed by atoms with Gasteiger partial charge in [-0.2, -0.15) is 9.40 Å². The zero-order chi connectivity index (χ0) is 16.6. The maximum atomic E-state index is 13.1. The molecule has 2 unspecified atom stereocenters. The van der Waals surface area contributed by atoms with Crippen molar-refractivity contribution in [3.8, 4) is 5.69 Å². The van der Waals surface area contributed by atoms with Crippen LogP contribution in [0.1, 0.15) is 38.5 Å². The molecule has 1 aromatic carbocycles. The van der Waals surface area contributed by atoms with Crippen molar-refractivity contribution in [3.05, 3.63) is 42.7 Å². The molecule has 1 saturated heterocycles. The Kier molecular flexibility index (Phi) is 4.18. The van der Waals surface area contributed by atoms with E-state index < -0.39 is 10.0 Å². The minimum absolute atomic E-state index is 0.197. The van der Waals surface area contributed by atoms with Crippen LogP contribution in [0.3, 0.4) is 0 Å². The van der Waals surface area contributed by atoms with Gasteiger partial charge in [-0.25, -0.2) is 13.1 Å². The lowest BCUT2D eigenvalue weighted by Crippen LogP contribution is -2.49. The third-order valence-corrected chi connectivity index (χ3v) is 7.34. The molecule has 2 aliphatic rings. The van der Waals surface area contributed by atoms with E-state index in [0.29, 0.717) is 17.4 Å². The lowest BCUT2D eigenvalue weighted by Gasteiger charge is -2.43. The fraction of sp³-hybridized carbons (Fsp3) is 0.500. The second-order valence-electron chi connectivity index (χ2n) is 6.81. The lowest BCUT2D eigenvalue weighted by molar-refractivity contribution is 0.129. The molecule has 0 spiro atoms. The highest BCUT2D eigenvalue weighted by Crippen LogP contribution is 2.38. The van der Waals surface area contributed by atoms with Gasteiger partial charge in [0.05, 0.1) is 10.6 Å². The molecule has 6 heteroatoms. The molecular formula is C18H23N3O2S. The van der Waals surface area contributed by atoms with Crippen LogP contribution in [-0.4, -0.2) is 35.1 Å². The molecule has 4 rings (SSSR count). The van der Waals surface area contributed by atoms with E-state index in [1.807, 2.05) is 24.4 Å². The smallest absolute Gasteiger partial charge is 0.241 e. The summed E-state index contributed by atoms with van der Waals surface area (Å²) in [7, 11) is -3.41. The van der Waals surface area contributed by atoms with Crippen LogP contribution in [0.2, 0.25) is 0 Å². The van der Waals surface area contributed by atoms with Gasteiger partial charge >= 0.3 is 0 Å². The molecule has 1 aromatic heterocycles. The van der Waals surface area contributed by atoms with Crippen molar-refractivity contribution in [1.29, 1.82) is 0 Å². The molecule has 0 amide bonds. The SMILES string of the molecule is O=S(=O)(c1ccc(-n2cccn2)cc1)N1CCCC2CCCCC21. The van der Waals surface area contributed by atoms with Gasteiger partial charge < -0.3 is 0 Å². The van der Waals surface area contributed by atoms with E-state index in [-0.39, 0.29) is 6.04 Å². The minimum Gasteiger partial charge on any atom is -0.241 e. The number of aromatic nitrogens is 2. The lowest BCUT2D eigenvalue weighted by atomic mass is 9.79. The molecule has 2 fully saturated rings. The van der Waals surface area contributed by atoms with Crippen molar-refractivity contribution in [2.75, 3.05) is 6.54 Å². The molecule has 1 aliphatic carbocycles. The minimum atomic E-state index is -3.41. The van der Waals surface area contributed by atoms with Crippen molar-refractivity contribution in [3.63, 3.8) is 0 Å². The van der Waals surface area contributed by atoms with Crippen LogP contribution in [0, 0.1) is 5.92 Å². The molecule has 5 nitrogen and oxygen atoms in total. The van der Waals surface area contributed by atoms with Gasteiger partial charge in [-0.15, -0.1) is 0 Å². The summed E-state index contributed by atoms with van der Waals surface area (Å²) >= 11 is 0. The zero-order valence-corrected chi connectivity index (χ0v) is 14.5. The molecule has 1 saturated carbocycles. The predicted octanol–water partition coefficient (Wildman–Crippen LogP) is 3.22. The highest BCUT2D eigenvalue weighted by molar-refractivity contribution is 7.89. The second kappa shape index (κ2) is 6.33. The summed E-state index contributed by atoms with van der Waals surface area (Å²) in [6, 6.07) is 9.10. The van der Waals surface area contributed by atoms with E-state index in [1.54, 1.807) is 27.3 Å². The van der Waals surface area contributed by atoms with Crippen molar-refractivity contribution >= 4 is 10.0 Å². The first-order valence-electron chi connectivity index (χ1n) is 8.78. The summed E-state index contributed by atoms with van der Waals surface area (Å²) < 4.78 is 29.8. The van der Waals surface area contributed by atoms with Gasteiger partial charge in [0, 0.05) is 25.0 Å². The molecular weight excluding hydrogens is 322 g/mol. The van der Waals surface area contributed by atoms with Crippen LogP contribution in [0.5, 0.6) is 0 Å². The maximum Gasteiger partial charge on any atom is 0.243 e. The van der Waals surface area contributed by atoms with E-state index in [9.17, 15) is 8.42 Å². The molecule has 128 valence electrons. The normalized spacial score (nSPS) is 25.3. The average Bonchev–Trinajstić information content (AvgIpc) is 3.16. The van der Waals surface area contributed by atoms with Gasteiger partial charge in [0.1, 0.15) is 0 Å². The number of fused-ring (bicyclic) bond motifs is 1. The van der Waals surface area contributed by atoms with Crippen molar-refractivity contribution < 1.29 is 8.42 Å². The van der Waals surface area contributed by atoms with Crippen molar-refractivity contribution in [2.24, 2.45) is 5.92 Å². The second-order valence-corrected chi connectivity index (χ2v) is 8.70. The molecule has 2 atom stereocenters. The summed E-state index contributed by atoms with van der Waals surface area (Å²) in [5.41, 5.74) is 0.869. The Morgan fingerprint density at radius 1 is 1.00 bits per heavy atom. The Morgan fingerprint density at radius 3 is 2.50 bits per heavy atom. The van der Waals surface area contributed by atoms with E-state index >= 15 is 0 Å². The van der Waals surface area contributed by atoms with E-state index in [0.717, 1.165) is 24.9 Å². The number of hydrogen-bond donors (Lipinski definition) is 0. The van der Waals surface area contributed by atoms with Gasteiger partial charge in [0.25, 0.3) is 0 Å². The third-order valence-electron chi connectivity index (χ3n) is 5.40. The standard InChI is InChI=1S/C18H23N3O2S/c22-24(23,21-14-3-6-15-5-1-2-7-18(15)21)17-10-8-16(9-11-17)20-13-4-12-19-20/h4,8-13,15,18H,1-3,5-7,14H2. The summed E-state index contributed by atoms with van der Waals surface area (Å²) in [4.78, 5) is 0.393. The summed E-state index contributed by atoms with van der Waals surface area (Å²) in [5, 5.41) is 4.18. The highest BCUT2D eigenvalue weighted by Gasteiger charge is 2.39.